The summed E-state index contributed by atoms with van der Waals surface area (Å²) in [5.74, 6) is -0.196. The number of benzene rings is 2. The van der Waals surface area contributed by atoms with Gasteiger partial charge in [-0.2, -0.15) is 0 Å². The Labute approximate surface area is 124 Å². The van der Waals surface area contributed by atoms with Crippen molar-refractivity contribution in [2.45, 2.75) is 13.8 Å². The van der Waals surface area contributed by atoms with Gasteiger partial charge in [-0.1, -0.05) is 29.8 Å². The third-order valence-electron chi connectivity index (χ3n) is 3.06. The van der Waals surface area contributed by atoms with Gasteiger partial charge in [0.1, 0.15) is 0 Å². The monoisotopic (exact) mass is 279 g/mol. The van der Waals surface area contributed by atoms with Crippen molar-refractivity contribution in [3.8, 4) is 0 Å². The fourth-order valence-corrected chi connectivity index (χ4v) is 1.82. The molecule has 0 fully saturated rings. The normalized spacial score (nSPS) is 10.6. The molecule has 0 heterocycles. The fourth-order valence-electron chi connectivity index (χ4n) is 1.82. The van der Waals surface area contributed by atoms with Crippen LogP contribution in [-0.2, 0) is 4.79 Å². The molecule has 0 radical (unpaired) electrons. The third-order valence-corrected chi connectivity index (χ3v) is 3.06. The summed E-state index contributed by atoms with van der Waals surface area (Å²) in [7, 11) is 0. The Kier molecular flexibility index (Phi) is 4.67. The van der Waals surface area contributed by atoms with Crippen LogP contribution in [0.1, 0.15) is 28.4 Å². The second-order valence-electron chi connectivity index (χ2n) is 4.87. The Hall–Kier alpha value is -2.68. The van der Waals surface area contributed by atoms with Crippen LogP contribution in [0.5, 0.6) is 0 Å². The van der Waals surface area contributed by atoms with Crippen molar-refractivity contribution in [2.24, 2.45) is 0 Å². The maximum Gasteiger partial charge on any atom is 0.248 e. The van der Waals surface area contributed by atoms with E-state index >= 15 is 0 Å². The zero-order chi connectivity index (χ0) is 15.2. The van der Waals surface area contributed by atoms with E-state index in [0.717, 1.165) is 5.56 Å². The first-order chi connectivity index (χ1) is 10.0. The molecule has 0 unspecified atom stereocenters. The molecule has 0 bridgehead atoms. The van der Waals surface area contributed by atoms with Crippen molar-refractivity contribution < 1.29 is 9.59 Å². The smallest absolute Gasteiger partial charge is 0.248 e. The lowest BCUT2D eigenvalue weighted by Crippen LogP contribution is -2.07. The molecule has 0 spiro atoms. The number of rotatable bonds is 4. The van der Waals surface area contributed by atoms with Gasteiger partial charge in [0.05, 0.1) is 0 Å². The van der Waals surface area contributed by atoms with Crippen LogP contribution < -0.4 is 5.32 Å². The Bertz CT molecular complexity index is 667. The highest BCUT2D eigenvalue weighted by molar-refractivity contribution is 6.02. The fraction of sp³-hybridized carbons (Fsp3) is 0.111. The summed E-state index contributed by atoms with van der Waals surface area (Å²) in [6.07, 6.45) is 3.25. The van der Waals surface area contributed by atoms with Crippen LogP contribution in [0.2, 0.25) is 0 Å². The lowest BCUT2D eigenvalue weighted by atomic mass is 10.1. The number of amides is 1. The number of carbonyl (C=O) groups is 2. The van der Waals surface area contributed by atoms with E-state index in [1.165, 1.54) is 18.6 Å². The summed E-state index contributed by atoms with van der Waals surface area (Å²) >= 11 is 0. The minimum absolute atomic E-state index is 0.00661. The highest BCUT2D eigenvalue weighted by Gasteiger charge is 2.01. The van der Waals surface area contributed by atoms with E-state index in [1.54, 1.807) is 30.3 Å². The number of ketones is 1. The van der Waals surface area contributed by atoms with Gasteiger partial charge in [0, 0.05) is 17.3 Å². The van der Waals surface area contributed by atoms with E-state index < -0.39 is 0 Å². The van der Waals surface area contributed by atoms with Crippen LogP contribution in [0.25, 0.3) is 6.08 Å². The summed E-state index contributed by atoms with van der Waals surface area (Å²) in [5, 5.41) is 2.75. The Morgan fingerprint density at radius 3 is 2.14 bits per heavy atom. The summed E-state index contributed by atoms with van der Waals surface area (Å²) in [5.41, 5.74) is 3.45. The van der Waals surface area contributed by atoms with Crippen LogP contribution in [-0.4, -0.2) is 11.7 Å². The van der Waals surface area contributed by atoms with Crippen molar-refractivity contribution in [1.29, 1.82) is 0 Å². The molecule has 0 saturated heterocycles. The zero-order valence-electron chi connectivity index (χ0n) is 12.1. The van der Waals surface area contributed by atoms with E-state index in [9.17, 15) is 9.59 Å². The predicted molar refractivity (Wildman–Crippen MR) is 85.3 cm³/mol. The van der Waals surface area contributed by atoms with E-state index in [1.807, 2.05) is 31.2 Å². The molecule has 2 aromatic rings. The summed E-state index contributed by atoms with van der Waals surface area (Å²) in [6, 6.07) is 14.7. The molecule has 3 heteroatoms. The standard InChI is InChI=1S/C18H17NO2/c1-13-3-5-15(6-4-13)7-12-18(21)19-17-10-8-16(9-11-17)14(2)20/h3-12H,1-2H3,(H,19,21)/b12-7+. The molecule has 0 aliphatic carbocycles. The Morgan fingerprint density at radius 2 is 1.57 bits per heavy atom. The maximum atomic E-state index is 11.8. The number of anilines is 1. The highest BCUT2D eigenvalue weighted by atomic mass is 16.1. The highest BCUT2D eigenvalue weighted by Crippen LogP contribution is 2.10. The molecule has 2 rings (SSSR count). The van der Waals surface area contributed by atoms with Gasteiger partial charge in [-0.3, -0.25) is 9.59 Å². The van der Waals surface area contributed by atoms with Gasteiger partial charge >= 0.3 is 0 Å². The molecule has 0 aliphatic rings. The lowest BCUT2D eigenvalue weighted by Gasteiger charge is -2.03. The molecule has 21 heavy (non-hydrogen) atoms. The van der Waals surface area contributed by atoms with Gasteiger partial charge in [-0.25, -0.2) is 0 Å². The first-order valence-corrected chi connectivity index (χ1v) is 6.71. The minimum Gasteiger partial charge on any atom is -0.323 e. The first-order valence-electron chi connectivity index (χ1n) is 6.71. The summed E-state index contributed by atoms with van der Waals surface area (Å²) < 4.78 is 0. The third kappa shape index (κ3) is 4.42. The quantitative estimate of drug-likeness (QED) is 0.682. The number of nitrogens with one attached hydrogen (secondary N) is 1. The van der Waals surface area contributed by atoms with Crippen molar-refractivity contribution in [1.82, 2.24) is 0 Å². The van der Waals surface area contributed by atoms with Gasteiger partial charge in [0.2, 0.25) is 5.91 Å². The van der Waals surface area contributed by atoms with Gasteiger partial charge in [-0.05, 0) is 49.8 Å². The molecule has 0 aliphatic heterocycles. The largest absolute Gasteiger partial charge is 0.323 e. The van der Waals surface area contributed by atoms with E-state index in [2.05, 4.69) is 5.32 Å². The molecule has 0 saturated carbocycles. The second kappa shape index (κ2) is 6.66. The first kappa shape index (κ1) is 14.7. The lowest BCUT2D eigenvalue weighted by molar-refractivity contribution is -0.111. The van der Waals surface area contributed by atoms with Crippen molar-refractivity contribution in [3.63, 3.8) is 0 Å². The second-order valence-corrected chi connectivity index (χ2v) is 4.87. The SMILES string of the molecule is CC(=O)c1ccc(NC(=O)/C=C/c2ccc(C)cc2)cc1. The number of carbonyl (C=O) groups excluding carboxylic acids is 2. The predicted octanol–water partition coefficient (Wildman–Crippen LogP) is 3.85. The molecule has 0 aromatic heterocycles. The van der Waals surface area contributed by atoms with E-state index in [0.29, 0.717) is 11.3 Å². The van der Waals surface area contributed by atoms with Crippen LogP contribution >= 0.6 is 0 Å². The minimum atomic E-state index is -0.203. The Morgan fingerprint density at radius 1 is 0.952 bits per heavy atom. The van der Waals surface area contributed by atoms with Crippen LogP contribution in [0.3, 0.4) is 0 Å². The number of Topliss-reactive ketones (excluding diaryl/α,β-unsaturated/α-hetero) is 1. The van der Waals surface area contributed by atoms with Crippen LogP contribution in [0.15, 0.2) is 54.6 Å². The molecule has 2 aromatic carbocycles. The topological polar surface area (TPSA) is 46.2 Å². The number of hydrogen-bond donors (Lipinski definition) is 1. The zero-order valence-corrected chi connectivity index (χ0v) is 12.1. The van der Waals surface area contributed by atoms with Crippen LogP contribution in [0.4, 0.5) is 5.69 Å². The molecule has 3 nitrogen and oxygen atoms in total. The molecule has 0 atom stereocenters. The van der Waals surface area contributed by atoms with Crippen molar-refractivity contribution >= 4 is 23.5 Å². The van der Waals surface area contributed by atoms with Gasteiger partial charge < -0.3 is 5.32 Å². The molecular formula is C18H17NO2. The number of hydrogen-bond acceptors (Lipinski definition) is 2. The van der Waals surface area contributed by atoms with Gasteiger partial charge in [-0.15, -0.1) is 0 Å². The summed E-state index contributed by atoms with van der Waals surface area (Å²) in [4.78, 5) is 23.0. The van der Waals surface area contributed by atoms with Gasteiger partial charge in [0.15, 0.2) is 5.78 Å². The molecule has 106 valence electrons. The number of aryl methyl sites for hydroxylation is 1. The van der Waals surface area contributed by atoms with E-state index in [-0.39, 0.29) is 11.7 Å². The average Bonchev–Trinajstić information content (AvgIpc) is 2.47. The Balaban J connectivity index is 1.98. The van der Waals surface area contributed by atoms with Crippen molar-refractivity contribution in [2.75, 3.05) is 5.32 Å². The molecule has 1 amide bonds. The molecular weight excluding hydrogens is 262 g/mol. The van der Waals surface area contributed by atoms with Gasteiger partial charge in [0.25, 0.3) is 0 Å². The van der Waals surface area contributed by atoms with E-state index in [4.69, 9.17) is 0 Å². The average molecular weight is 279 g/mol. The molecule has 1 N–H and O–H groups in total. The van der Waals surface area contributed by atoms with Crippen molar-refractivity contribution in [3.05, 3.63) is 71.3 Å². The maximum absolute atomic E-state index is 11.8. The van der Waals surface area contributed by atoms with Crippen LogP contribution in [0, 0.1) is 6.92 Å². The summed E-state index contributed by atoms with van der Waals surface area (Å²) in [6.45, 7) is 3.53.